The van der Waals surface area contributed by atoms with Crippen molar-refractivity contribution in [3.8, 4) is 0 Å². The monoisotopic (exact) mass is 142 g/mol. The van der Waals surface area contributed by atoms with Gasteiger partial charge in [0, 0.05) is 6.61 Å². The summed E-state index contributed by atoms with van der Waals surface area (Å²) in [5, 5.41) is 8.59. The van der Waals surface area contributed by atoms with Gasteiger partial charge in [-0.3, -0.25) is 0 Å². The van der Waals surface area contributed by atoms with Gasteiger partial charge in [-0.25, -0.2) is 0 Å². The molecule has 1 heteroatoms. The summed E-state index contributed by atoms with van der Waals surface area (Å²) in [5.74, 6) is 0.595. The molecular weight excluding hydrogens is 124 g/mol. The quantitative estimate of drug-likeness (QED) is 0.584. The van der Waals surface area contributed by atoms with Crippen molar-refractivity contribution in [1.82, 2.24) is 0 Å². The molecule has 0 rings (SSSR count). The van der Waals surface area contributed by atoms with Crippen molar-refractivity contribution < 1.29 is 5.11 Å². The molecule has 0 aromatic heterocycles. The van der Waals surface area contributed by atoms with E-state index in [9.17, 15) is 0 Å². The first-order valence-electron chi connectivity index (χ1n) is 3.98. The van der Waals surface area contributed by atoms with Crippen LogP contribution in [0.15, 0.2) is 12.2 Å². The predicted octanol–water partition coefficient (Wildman–Crippen LogP) is 2.36. The topological polar surface area (TPSA) is 20.2 Å². The van der Waals surface area contributed by atoms with Gasteiger partial charge in [-0.05, 0) is 25.2 Å². The summed E-state index contributed by atoms with van der Waals surface area (Å²) in [6.07, 6.45) is 3.03. The molecule has 0 heterocycles. The number of hydrogen-bond donors (Lipinski definition) is 1. The van der Waals surface area contributed by atoms with E-state index in [1.165, 1.54) is 5.57 Å². The molecule has 1 unspecified atom stereocenters. The van der Waals surface area contributed by atoms with Crippen molar-refractivity contribution in [2.24, 2.45) is 5.92 Å². The Kier molecular flexibility index (Phi) is 5.32. The molecule has 0 aromatic carbocycles. The fraction of sp³-hybridized carbons (Fsp3) is 0.778. The second kappa shape index (κ2) is 5.48. The van der Waals surface area contributed by atoms with Gasteiger partial charge in [-0.2, -0.15) is 0 Å². The molecule has 0 aliphatic carbocycles. The fourth-order valence-electron chi connectivity index (χ4n) is 0.960. The van der Waals surface area contributed by atoms with Gasteiger partial charge in [0.1, 0.15) is 0 Å². The highest BCUT2D eigenvalue weighted by Crippen LogP contribution is 2.14. The van der Waals surface area contributed by atoms with E-state index in [1.807, 2.05) is 0 Å². The van der Waals surface area contributed by atoms with Crippen LogP contribution in [0.1, 0.15) is 33.1 Å². The lowest BCUT2D eigenvalue weighted by Crippen LogP contribution is -1.98. The van der Waals surface area contributed by atoms with Crippen LogP contribution in [0.4, 0.5) is 0 Å². The van der Waals surface area contributed by atoms with Gasteiger partial charge >= 0.3 is 0 Å². The van der Waals surface area contributed by atoms with Crippen LogP contribution in [0.3, 0.4) is 0 Å². The van der Waals surface area contributed by atoms with Crippen LogP contribution < -0.4 is 0 Å². The van der Waals surface area contributed by atoms with Crippen LogP contribution in [-0.4, -0.2) is 11.7 Å². The fourth-order valence-corrected chi connectivity index (χ4v) is 0.960. The van der Waals surface area contributed by atoms with Gasteiger partial charge in [0.15, 0.2) is 0 Å². The molecule has 1 atom stereocenters. The Bertz CT molecular complexity index is 96.9. The summed E-state index contributed by atoms with van der Waals surface area (Å²) in [6, 6.07) is 0. The van der Waals surface area contributed by atoms with Crippen LogP contribution in [0, 0.1) is 5.92 Å². The Balaban J connectivity index is 3.37. The molecule has 0 aliphatic heterocycles. The molecule has 0 aliphatic rings. The molecule has 0 saturated carbocycles. The van der Waals surface area contributed by atoms with E-state index in [2.05, 4.69) is 20.4 Å². The Morgan fingerprint density at radius 1 is 1.60 bits per heavy atom. The Morgan fingerprint density at radius 3 is 2.60 bits per heavy atom. The Hall–Kier alpha value is -0.300. The molecule has 0 bridgehead atoms. The van der Waals surface area contributed by atoms with Gasteiger partial charge in [-0.15, -0.1) is 0 Å². The van der Waals surface area contributed by atoms with Crippen molar-refractivity contribution in [2.75, 3.05) is 6.61 Å². The molecule has 60 valence electrons. The lowest BCUT2D eigenvalue weighted by atomic mass is 9.98. The molecule has 0 radical (unpaired) electrons. The van der Waals surface area contributed by atoms with E-state index in [4.69, 9.17) is 5.11 Å². The number of hydrogen-bond acceptors (Lipinski definition) is 1. The average Bonchev–Trinajstić information content (AvgIpc) is 1.88. The lowest BCUT2D eigenvalue weighted by Gasteiger charge is -2.09. The highest BCUT2D eigenvalue weighted by Gasteiger charge is 2.01. The number of aliphatic hydroxyl groups excluding tert-OH is 1. The Labute approximate surface area is 63.8 Å². The van der Waals surface area contributed by atoms with E-state index in [0.717, 1.165) is 19.3 Å². The molecule has 0 spiro atoms. The van der Waals surface area contributed by atoms with E-state index in [-0.39, 0.29) is 0 Å². The summed E-state index contributed by atoms with van der Waals surface area (Å²) >= 11 is 0. The van der Waals surface area contributed by atoms with Crippen LogP contribution in [0.2, 0.25) is 0 Å². The predicted molar refractivity (Wildman–Crippen MR) is 44.9 cm³/mol. The third kappa shape index (κ3) is 4.57. The second-order valence-electron chi connectivity index (χ2n) is 2.93. The SMILES string of the molecule is C=C(CC)CC(C)CCO. The summed E-state index contributed by atoms with van der Waals surface area (Å²) in [7, 11) is 0. The first-order chi connectivity index (χ1) is 4.70. The van der Waals surface area contributed by atoms with Crippen molar-refractivity contribution in [1.29, 1.82) is 0 Å². The minimum absolute atomic E-state index is 0.304. The number of allylic oxidation sites excluding steroid dienone is 1. The third-order valence-electron chi connectivity index (χ3n) is 1.76. The van der Waals surface area contributed by atoms with Crippen LogP contribution in [0.5, 0.6) is 0 Å². The summed E-state index contributed by atoms with van der Waals surface area (Å²) < 4.78 is 0. The largest absolute Gasteiger partial charge is 0.396 e. The highest BCUT2D eigenvalue weighted by molar-refractivity contribution is 4.93. The second-order valence-corrected chi connectivity index (χ2v) is 2.93. The van der Waals surface area contributed by atoms with E-state index in [1.54, 1.807) is 0 Å². The maximum absolute atomic E-state index is 8.59. The van der Waals surface area contributed by atoms with Crippen molar-refractivity contribution in [2.45, 2.75) is 33.1 Å². The van der Waals surface area contributed by atoms with Gasteiger partial charge in [0.25, 0.3) is 0 Å². The molecule has 0 saturated heterocycles. The standard InChI is InChI=1S/C9H18O/c1-4-8(2)7-9(3)5-6-10/h9-10H,2,4-7H2,1,3H3. The smallest absolute Gasteiger partial charge is 0.0433 e. The van der Waals surface area contributed by atoms with Crippen molar-refractivity contribution in [3.63, 3.8) is 0 Å². The Morgan fingerprint density at radius 2 is 2.20 bits per heavy atom. The van der Waals surface area contributed by atoms with E-state index in [0.29, 0.717) is 12.5 Å². The zero-order valence-electron chi connectivity index (χ0n) is 7.06. The maximum atomic E-state index is 8.59. The van der Waals surface area contributed by atoms with Crippen molar-refractivity contribution >= 4 is 0 Å². The van der Waals surface area contributed by atoms with Gasteiger partial charge in [-0.1, -0.05) is 26.0 Å². The normalized spacial score (nSPS) is 13.1. The van der Waals surface area contributed by atoms with Crippen LogP contribution in [0.25, 0.3) is 0 Å². The lowest BCUT2D eigenvalue weighted by molar-refractivity contribution is 0.262. The average molecular weight is 142 g/mol. The van der Waals surface area contributed by atoms with Crippen LogP contribution in [-0.2, 0) is 0 Å². The number of rotatable bonds is 5. The first kappa shape index (κ1) is 9.70. The summed E-state index contributed by atoms with van der Waals surface area (Å²) in [5.41, 5.74) is 1.29. The molecule has 0 amide bonds. The zero-order chi connectivity index (χ0) is 7.98. The summed E-state index contributed by atoms with van der Waals surface area (Å²) in [6.45, 7) is 8.49. The van der Waals surface area contributed by atoms with Gasteiger partial charge in [0.05, 0.1) is 0 Å². The molecular formula is C9H18O. The minimum Gasteiger partial charge on any atom is -0.396 e. The van der Waals surface area contributed by atoms with E-state index < -0.39 is 0 Å². The van der Waals surface area contributed by atoms with Crippen molar-refractivity contribution in [3.05, 3.63) is 12.2 Å². The third-order valence-corrected chi connectivity index (χ3v) is 1.76. The molecule has 1 nitrogen and oxygen atoms in total. The molecule has 0 fully saturated rings. The minimum atomic E-state index is 0.304. The van der Waals surface area contributed by atoms with E-state index >= 15 is 0 Å². The molecule has 0 aromatic rings. The molecule has 1 N–H and O–H groups in total. The number of aliphatic hydroxyl groups is 1. The molecule has 10 heavy (non-hydrogen) atoms. The van der Waals surface area contributed by atoms with Crippen LogP contribution >= 0.6 is 0 Å². The summed E-state index contributed by atoms with van der Waals surface area (Å²) in [4.78, 5) is 0. The van der Waals surface area contributed by atoms with Gasteiger partial charge in [0.2, 0.25) is 0 Å². The first-order valence-corrected chi connectivity index (χ1v) is 3.98. The zero-order valence-corrected chi connectivity index (χ0v) is 7.06. The highest BCUT2D eigenvalue weighted by atomic mass is 16.2. The van der Waals surface area contributed by atoms with Gasteiger partial charge < -0.3 is 5.11 Å². The maximum Gasteiger partial charge on any atom is 0.0433 e.